The van der Waals surface area contributed by atoms with Gasteiger partial charge in [0, 0.05) is 22.6 Å². The van der Waals surface area contributed by atoms with E-state index < -0.39 is 10.2 Å². The molecule has 0 aliphatic rings. The number of fused-ring (bicyclic) bond motifs is 1. The maximum Gasteiger partial charge on any atom is 0.299 e. The van der Waals surface area contributed by atoms with Gasteiger partial charge < -0.3 is 0 Å². The molecule has 0 amide bonds. The molecule has 7 heteroatoms. The first-order chi connectivity index (χ1) is 9.37. The van der Waals surface area contributed by atoms with Gasteiger partial charge in [-0.25, -0.2) is 0 Å². The van der Waals surface area contributed by atoms with Crippen molar-refractivity contribution >= 4 is 42.7 Å². The molecule has 0 saturated heterocycles. The number of hydrogen-bond acceptors (Lipinski definition) is 3. The molecule has 0 radical (unpaired) electrons. The summed E-state index contributed by atoms with van der Waals surface area (Å²) in [6.07, 6.45) is 1.64. The lowest BCUT2D eigenvalue weighted by Gasteiger charge is -2.12. The highest BCUT2D eigenvalue weighted by Crippen LogP contribution is 2.24. The average Bonchev–Trinajstić information content (AvgIpc) is 2.36. The number of benzene rings is 1. The monoisotopic (exact) mass is 357 g/mol. The Morgan fingerprint density at radius 2 is 2.10 bits per heavy atom. The van der Waals surface area contributed by atoms with Gasteiger partial charge in [0.05, 0.1) is 11.2 Å². The van der Waals surface area contributed by atoms with Crippen LogP contribution >= 0.6 is 15.9 Å². The van der Waals surface area contributed by atoms with E-state index in [0.717, 1.165) is 9.86 Å². The van der Waals surface area contributed by atoms with Crippen molar-refractivity contribution in [2.75, 3.05) is 11.3 Å². The summed E-state index contributed by atoms with van der Waals surface area (Å²) < 4.78 is 29.8. The molecular formula is C13H16BrN3O2S. The van der Waals surface area contributed by atoms with Crippen LogP contribution in [0.25, 0.3) is 10.9 Å². The van der Waals surface area contributed by atoms with Crippen LogP contribution in [0.1, 0.15) is 13.8 Å². The van der Waals surface area contributed by atoms with Gasteiger partial charge in [0.25, 0.3) is 10.2 Å². The van der Waals surface area contributed by atoms with Crippen molar-refractivity contribution in [1.29, 1.82) is 0 Å². The molecule has 0 spiro atoms. The second-order valence-corrected chi connectivity index (χ2v) is 7.29. The van der Waals surface area contributed by atoms with Crippen LogP contribution < -0.4 is 9.44 Å². The predicted molar refractivity (Wildman–Crippen MR) is 84.8 cm³/mol. The summed E-state index contributed by atoms with van der Waals surface area (Å²) in [5, 5.41) is 0.864. The number of halogens is 1. The Morgan fingerprint density at radius 1 is 1.35 bits per heavy atom. The fraction of sp³-hybridized carbons (Fsp3) is 0.308. The fourth-order valence-corrected chi connectivity index (χ4v) is 3.10. The zero-order chi connectivity index (χ0) is 14.8. The minimum absolute atomic E-state index is 0.244. The number of rotatable bonds is 5. The first kappa shape index (κ1) is 15.2. The number of nitrogens with zero attached hydrogens (tertiary/aromatic N) is 1. The van der Waals surface area contributed by atoms with E-state index in [1.54, 1.807) is 18.3 Å². The molecule has 108 valence electrons. The second kappa shape index (κ2) is 6.07. The highest BCUT2D eigenvalue weighted by Gasteiger charge is 2.12. The highest BCUT2D eigenvalue weighted by molar-refractivity contribution is 9.10. The van der Waals surface area contributed by atoms with Crippen molar-refractivity contribution < 1.29 is 8.42 Å². The summed E-state index contributed by atoms with van der Waals surface area (Å²) in [6.45, 7) is 4.28. The van der Waals surface area contributed by atoms with Gasteiger partial charge in [-0.1, -0.05) is 26.0 Å². The van der Waals surface area contributed by atoms with Crippen molar-refractivity contribution in [3.63, 3.8) is 0 Å². The molecule has 1 heterocycles. The minimum atomic E-state index is -3.58. The number of hydrogen-bond donors (Lipinski definition) is 2. The summed E-state index contributed by atoms with van der Waals surface area (Å²) in [4.78, 5) is 4.26. The first-order valence-electron chi connectivity index (χ1n) is 6.19. The number of nitrogens with one attached hydrogen (secondary N) is 2. The summed E-state index contributed by atoms with van der Waals surface area (Å²) in [5.41, 5.74) is 1.08. The number of pyridine rings is 1. The van der Waals surface area contributed by atoms with Gasteiger partial charge in [-0.15, -0.1) is 0 Å². The Labute approximate surface area is 127 Å². The second-order valence-electron chi connectivity index (χ2n) is 4.88. The van der Waals surface area contributed by atoms with E-state index in [1.165, 1.54) is 0 Å². The SMILES string of the molecule is CC(C)CNS(=O)(=O)Nc1cccc2cc(Br)cnc12. The maximum atomic E-state index is 12.0. The molecule has 0 fully saturated rings. The predicted octanol–water partition coefficient (Wildman–Crippen LogP) is 2.90. The van der Waals surface area contributed by atoms with Crippen molar-refractivity contribution in [3.8, 4) is 0 Å². The quantitative estimate of drug-likeness (QED) is 0.863. The lowest BCUT2D eigenvalue weighted by Crippen LogP contribution is -2.32. The van der Waals surface area contributed by atoms with E-state index in [-0.39, 0.29) is 5.92 Å². The zero-order valence-corrected chi connectivity index (χ0v) is 13.6. The Hall–Kier alpha value is -1.18. The van der Waals surface area contributed by atoms with Crippen molar-refractivity contribution in [1.82, 2.24) is 9.71 Å². The van der Waals surface area contributed by atoms with Gasteiger partial charge >= 0.3 is 0 Å². The molecule has 0 unspecified atom stereocenters. The standard InChI is InChI=1S/C13H16BrN3O2S/c1-9(2)7-16-20(18,19)17-12-5-3-4-10-6-11(14)8-15-13(10)12/h3-6,8-9,16-17H,7H2,1-2H3. The number of anilines is 1. The molecule has 1 aromatic heterocycles. The fourth-order valence-electron chi connectivity index (χ4n) is 1.67. The summed E-state index contributed by atoms with van der Waals surface area (Å²) in [7, 11) is -3.58. The molecule has 20 heavy (non-hydrogen) atoms. The smallest absolute Gasteiger partial charge is 0.269 e. The topological polar surface area (TPSA) is 71.1 Å². The first-order valence-corrected chi connectivity index (χ1v) is 8.47. The Kier molecular flexibility index (Phi) is 4.62. The number of aromatic nitrogens is 1. The van der Waals surface area contributed by atoms with Crippen LogP contribution in [0.15, 0.2) is 34.9 Å². The van der Waals surface area contributed by atoms with Gasteiger partial charge in [0.2, 0.25) is 0 Å². The van der Waals surface area contributed by atoms with Gasteiger partial charge in [-0.05, 0) is 34.0 Å². The van der Waals surface area contributed by atoms with E-state index in [9.17, 15) is 8.42 Å². The minimum Gasteiger partial charge on any atom is -0.269 e. The van der Waals surface area contributed by atoms with Crippen LogP contribution in [0.3, 0.4) is 0 Å². The molecule has 0 bridgehead atoms. The third kappa shape index (κ3) is 3.91. The van der Waals surface area contributed by atoms with Crippen molar-refractivity contribution in [2.24, 2.45) is 5.92 Å². The molecule has 2 rings (SSSR count). The Balaban J connectivity index is 2.30. The van der Waals surface area contributed by atoms with Crippen LogP contribution in [0.4, 0.5) is 5.69 Å². The maximum absolute atomic E-state index is 12.0. The Bertz CT molecular complexity index is 717. The average molecular weight is 358 g/mol. The third-order valence-corrected chi connectivity index (χ3v) is 4.07. The molecule has 2 N–H and O–H groups in total. The molecule has 0 atom stereocenters. The van der Waals surface area contributed by atoms with Gasteiger partial charge in [-0.3, -0.25) is 9.71 Å². The van der Waals surface area contributed by atoms with Crippen molar-refractivity contribution in [2.45, 2.75) is 13.8 Å². The van der Waals surface area contributed by atoms with E-state index in [4.69, 9.17) is 0 Å². The van der Waals surface area contributed by atoms with Crippen LogP contribution in [0.2, 0.25) is 0 Å². The van der Waals surface area contributed by atoms with Gasteiger partial charge in [0.15, 0.2) is 0 Å². The molecule has 2 aromatic rings. The molecule has 1 aromatic carbocycles. The van der Waals surface area contributed by atoms with E-state index in [0.29, 0.717) is 17.7 Å². The summed E-state index contributed by atoms with van der Waals surface area (Å²) >= 11 is 3.35. The third-order valence-electron chi connectivity index (χ3n) is 2.60. The van der Waals surface area contributed by atoms with E-state index >= 15 is 0 Å². The lowest BCUT2D eigenvalue weighted by molar-refractivity contribution is 0.565. The van der Waals surface area contributed by atoms with Gasteiger partial charge in [0.1, 0.15) is 0 Å². The molecule has 0 aliphatic heterocycles. The summed E-state index contributed by atoms with van der Waals surface area (Å²) in [6, 6.07) is 7.25. The normalized spacial score (nSPS) is 12.0. The molecular weight excluding hydrogens is 342 g/mol. The van der Waals surface area contributed by atoms with Crippen LogP contribution in [-0.2, 0) is 10.2 Å². The largest absolute Gasteiger partial charge is 0.299 e. The lowest BCUT2D eigenvalue weighted by atomic mass is 10.2. The molecule has 0 saturated carbocycles. The van der Waals surface area contributed by atoms with Crippen LogP contribution in [0.5, 0.6) is 0 Å². The van der Waals surface area contributed by atoms with Crippen LogP contribution in [0, 0.1) is 5.92 Å². The Morgan fingerprint density at radius 3 is 2.80 bits per heavy atom. The zero-order valence-electron chi connectivity index (χ0n) is 11.2. The van der Waals surface area contributed by atoms with Gasteiger partial charge in [-0.2, -0.15) is 13.1 Å². The summed E-state index contributed by atoms with van der Waals surface area (Å²) in [5.74, 6) is 0.244. The molecule has 0 aliphatic carbocycles. The molecule has 5 nitrogen and oxygen atoms in total. The van der Waals surface area contributed by atoms with Crippen molar-refractivity contribution in [3.05, 3.63) is 34.9 Å². The number of para-hydroxylation sites is 1. The highest BCUT2D eigenvalue weighted by atomic mass is 79.9. The van der Waals surface area contributed by atoms with E-state index in [2.05, 4.69) is 30.4 Å². The van der Waals surface area contributed by atoms with E-state index in [1.807, 2.05) is 26.0 Å². The van der Waals surface area contributed by atoms with Crippen LogP contribution in [-0.4, -0.2) is 19.9 Å².